The van der Waals surface area contributed by atoms with Gasteiger partial charge in [0.05, 0.1) is 12.0 Å². The van der Waals surface area contributed by atoms with Crippen LogP contribution in [0.3, 0.4) is 0 Å². The maximum atomic E-state index is 13.1. The van der Waals surface area contributed by atoms with Crippen LogP contribution in [0, 0.1) is 0 Å². The molecule has 1 amide bonds. The zero-order valence-corrected chi connectivity index (χ0v) is 15.6. The van der Waals surface area contributed by atoms with E-state index in [1.807, 2.05) is 18.2 Å². The molecule has 1 aliphatic heterocycles. The predicted octanol–water partition coefficient (Wildman–Crippen LogP) is 3.67. The molecule has 3 rings (SSSR count). The number of carbonyl (C=O) groups is 1. The molecule has 24 heavy (non-hydrogen) atoms. The van der Waals surface area contributed by atoms with Gasteiger partial charge in [-0.05, 0) is 54.9 Å². The van der Waals surface area contributed by atoms with Gasteiger partial charge in [-0.25, -0.2) is 0 Å². The minimum Gasteiger partial charge on any atom is -0.350 e. The maximum absolute atomic E-state index is 13.1. The molecule has 2 heterocycles. The molecule has 1 saturated heterocycles. The number of aryl methyl sites for hydroxylation is 1. The Morgan fingerprint density at radius 3 is 2.58 bits per heavy atom. The molecule has 2 N–H and O–H groups in total. The third-order valence-electron chi connectivity index (χ3n) is 4.85. The van der Waals surface area contributed by atoms with Crippen molar-refractivity contribution in [2.45, 2.75) is 38.1 Å². The predicted molar refractivity (Wildman–Crippen MR) is 103 cm³/mol. The highest BCUT2D eigenvalue weighted by molar-refractivity contribution is 7.10. The van der Waals surface area contributed by atoms with Gasteiger partial charge in [-0.3, -0.25) is 4.79 Å². The standard InChI is InChI=1S/C19H24N2OS.ClH/c1-2-15-8-13-23-17(15)14-21-18(22)19(9-11-20-12-10-19)16-6-4-3-5-7-16;/h3-8,13,20H,2,9-12,14H2,1H3,(H,21,22);1H. The van der Waals surface area contributed by atoms with Gasteiger partial charge in [0.2, 0.25) is 5.91 Å². The number of rotatable bonds is 5. The lowest BCUT2D eigenvalue weighted by molar-refractivity contribution is -0.128. The van der Waals surface area contributed by atoms with Crippen LogP contribution >= 0.6 is 23.7 Å². The molecular weight excluding hydrogens is 340 g/mol. The third-order valence-corrected chi connectivity index (χ3v) is 5.81. The molecule has 0 bridgehead atoms. The molecule has 0 atom stereocenters. The number of amides is 1. The summed E-state index contributed by atoms with van der Waals surface area (Å²) in [5.41, 5.74) is 2.09. The first-order valence-corrected chi connectivity index (χ1v) is 9.24. The molecule has 0 spiro atoms. The van der Waals surface area contributed by atoms with Crippen LogP contribution in [0.15, 0.2) is 41.8 Å². The summed E-state index contributed by atoms with van der Waals surface area (Å²) >= 11 is 1.73. The van der Waals surface area contributed by atoms with E-state index >= 15 is 0 Å². The topological polar surface area (TPSA) is 41.1 Å². The lowest BCUT2D eigenvalue weighted by Crippen LogP contribution is -2.50. The van der Waals surface area contributed by atoms with Crippen molar-refractivity contribution in [1.29, 1.82) is 0 Å². The van der Waals surface area contributed by atoms with Crippen molar-refractivity contribution < 1.29 is 4.79 Å². The van der Waals surface area contributed by atoms with Crippen molar-refractivity contribution in [3.63, 3.8) is 0 Å². The highest BCUT2D eigenvalue weighted by Gasteiger charge is 2.40. The average Bonchev–Trinajstić information content (AvgIpc) is 3.08. The van der Waals surface area contributed by atoms with E-state index in [-0.39, 0.29) is 18.3 Å². The molecule has 2 aromatic rings. The van der Waals surface area contributed by atoms with Crippen molar-refractivity contribution in [3.8, 4) is 0 Å². The number of hydrogen-bond donors (Lipinski definition) is 2. The average molecular weight is 365 g/mol. The van der Waals surface area contributed by atoms with E-state index in [4.69, 9.17) is 0 Å². The number of piperidine rings is 1. The Bertz CT molecular complexity index is 650. The van der Waals surface area contributed by atoms with Gasteiger partial charge in [0.15, 0.2) is 0 Å². The van der Waals surface area contributed by atoms with E-state index in [1.54, 1.807) is 11.3 Å². The SMILES string of the molecule is CCc1ccsc1CNC(=O)C1(c2ccccc2)CCNCC1.Cl. The zero-order chi connectivity index (χ0) is 16.1. The second kappa shape index (κ2) is 8.65. The smallest absolute Gasteiger partial charge is 0.231 e. The molecule has 5 heteroatoms. The second-order valence-electron chi connectivity index (χ2n) is 6.10. The largest absolute Gasteiger partial charge is 0.350 e. The Morgan fingerprint density at radius 1 is 1.21 bits per heavy atom. The minimum absolute atomic E-state index is 0. The third kappa shape index (κ3) is 3.82. The number of carbonyl (C=O) groups excluding carboxylic acids is 1. The summed E-state index contributed by atoms with van der Waals surface area (Å²) in [6.07, 6.45) is 2.73. The summed E-state index contributed by atoms with van der Waals surface area (Å²) in [7, 11) is 0. The van der Waals surface area contributed by atoms with Gasteiger partial charge in [-0.15, -0.1) is 23.7 Å². The van der Waals surface area contributed by atoms with Gasteiger partial charge in [0, 0.05) is 4.88 Å². The fourth-order valence-electron chi connectivity index (χ4n) is 3.42. The van der Waals surface area contributed by atoms with Crippen molar-refractivity contribution in [1.82, 2.24) is 10.6 Å². The molecule has 0 saturated carbocycles. The van der Waals surface area contributed by atoms with Crippen LogP contribution in [-0.4, -0.2) is 19.0 Å². The van der Waals surface area contributed by atoms with Crippen LogP contribution in [0.4, 0.5) is 0 Å². The molecule has 1 fully saturated rings. The maximum Gasteiger partial charge on any atom is 0.231 e. The molecule has 0 radical (unpaired) electrons. The normalized spacial score (nSPS) is 16.2. The zero-order valence-electron chi connectivity index (χ0n) is 14.0. The van der Waals surface area contributed by atoms with Crippen LogP contribution in [0.1, 0.15) is 35.8 Å². The van der Waals surface area contributed by atoms with Gasteiger partial charge in [0.1, 0.15) is 0 Å². The minimum atomic E-state index is -0.393. The number of hydrogen-bond acceptors (Lipinski definition) is 3. The molecular formula is C19H25ClN2OS. The Balaban J connectivity index is 0.00000208. The summed E-state index contributed by atoms with van der Waals surface area (Å²) in [6.45, 7) is 4.58. The first-order chi connectivity index (χ1) is 11.3. The van der Waals surface area contributed by atoms with Crippen LogP contribution in [0.5, 0.6) is 0 Å². The van der Waals surface area contributed by atoms with Gasteiger partial charge in [-0.1, -0.05) is 37.3 Å². The number of nitrogens with one attached hydrogen (secondary N) is 2. The summed E-state index contributed by atoms with van der Waals surface area (Å²) in [5.74, 6) is 0.167. The highest BCUT2D eigenvalue weighted by Crippen LogP contribution is 2.34. The number of thiophene rings is 1. The lowest BCUT2D eigenvalue weighted by Gasteiger charge is -2.36. The van der Waals surface area contributed by atoms with Crippen LogP contribution in [0.25, 0.3) is 0 Å². The fourth-order valence-corrected chi connectivity index (χ4v) is 4.34. The first-order valence-electron chi connectivity index (χ1n) is 8.36. The van der Waals surface area contributed by atoms with E-state index in [2.05, 4.69) is 41.1 Å². The van der Waals surface area contributed by atoms with Gasteiger partial charge >= 0.3 is 0 Å². The lowest BCUT2D eigenvalue weighted by atomic mass is 9.72. The van der Waals surface area contributed by atoms with E-state index < -0.39 is 5.41 Å². The molecule has 1 aromatic heterocycles. The van der Waals surface area contributed by atoms with Crippen molar-refractivity contribution >= 4 is 29.7 Å². The summed E-state index contributed by atoms with van der Waals surface area (Å²) in [5, 5.41) is 8.70. The van der Waals surface area contributed by atoms with Crippen molar-refractivity contribution in [2.75, 3.05) is 13.1 Å². The Morgan fingerprint density at radius 2 is 1.92 bits per heavy atom. The quantitative estimate of drug-likeness (QED) is 0.849. The fraction of sp³-hybridized carbons (Fsp3) is 0.421. The first kappa shape index (κ1) is 19.0. The number of halogens is 1. The Labute approximate surface area is 154 Å². The molecule has 1 aliphatic rings. The van der Waals surface area contributed by atoms with E-state index in [0.717, 1.165) is 37.9 Å². The summed E-state index contributed by atoms with van der Waals surface area (Å²) in [6, 6.07) is 12.4. The summed E-state index contributed by atoms with van der Waals surface area (Å²) in [4.78, 5) is 14.4. The molecule has 0 aliphatic carbocycles. The van der Waals surface area contributed by atoms with Crippen molar-refractivity contribution in [3.05, 3.63) is 57.8 Å². The Kier molecular flexibility index (Phi) is 6.84. The van der Waals surface area contributed by atoms with Crippen LogP contribution in [-0.2, 0) is 23.2 Å². The van der Waals surface area contributed by atoms with Crippen LogP contribution in [0.2, 0.25) is 0 Å². The number of benzene rings is 1. The van der Waals surface area contributed by atoms with Crippen molar-refractivity contribution in [2.24, 2.45) is 0 Å². The highest BCUT2D eigenvalue weighted by atomic mass is 35.5. The monoisotopic (exact) mass is 364 g/mol. The van der Waals surface area contributed by atoms with Gasteiger partial charge < -0.3 is 10.6 Å². The van der Waals surface area contributed by atoms with Gasteiger partial charge in [-0.2, -0.15) is 0 Å². The molecule has 3 nitrogen and oxygen atoms in total. The summed E-state index contributed by atoms with van der Waals surface area (Å²) < 4.78 is 0. The van der Waals surface area contributed by atoms with Gasteiger partial charge in [0.25, 0.3) is 0 Å². The molecule has 130 valence electrons. The van der Waals surface area contributed by atoms with E-state index in [0.29, 0.717) is 6.54 Å². The van der Waals surface area contributed by atoms with Crippen LogP contribution < -0.4 is 10.6 Å². The molecule has 1 aromatic carbocycles. The molecule has 0 unspecified atom stereocenters. The van der Waals surface area contributed by atoms with E-state index in [9.17, 15) is 4.79 Å². The second-order valence-corrected chi connectivity index (χ2v) is 7.10. The van der Waals surface area contributed by atoms with E-state index in [1.165, 1.54) is 10.4 Å². The Hall–Kier alpha value is -1.36.